The zero-order chi connectivity index (χ0) is 25.5. The lowest BCUT2D eigenvalue weighted by atomic mass is 10.00. The van der Waals surface area contributed by atoms with Crippen LogP contribution in [0.4, 0.5) is 0 Å². The molecule has 0 bridgehead atoms. The summed E-state index contributed by atoms with van der Waals surface area (Å²) in [6.45, 7) is 4.60. The van der Waals surface area contributed by atoms with Crippen LogP contribution in [0.15, 0.2) is 36.8 Å². The monoisotopic (exact) mass is 479 g/mol. The molecule has 0 aliphatic carbocycles. The van der Waals surface area contributed by atoms with E-state index in [1.807, 2.05) is 25.9 Å². The fourth-order valence-corrected chi connectivity index (χ4v) is 3.73. The smallest absolute Gasteiger partial charge is 0.259 e. The summed E-state index contributed by atoms with van der Waals surface area (Å²) in [6, 6.07) is 4.88. The minimum Gasteiger partial charge on any atom is -0.472 e. The second-order valence-corrected chi connectivity index (χ2v) is 9.20. The number of pyridine rings is 2. The number of aromatic nitrogens is 2. The first-order chi connectivity index (χ1) is 16.7. The molecule has 1 aliphatic rings. The Bertz CT molecular complexity index is 1100. The number of hydrogen-bond donors (Lipinski definition) is 1. The molecule has 0 spiro atoms. The molecule has 1 N–H and O–H groups in total. The Morgan fingerprint density at radius 3 is 2.60 bits per heavy atom. The minimum absolute atomic E-state index is 0.0283. The Morgan fingerprint density at radius 2 is 1.94 bits per heavy atom. The second kappa shape index (κ2) is 11.8. The molecular weight excluding hydrogens is 446 g/mol. The van der Waals surface area contributed by atoms with Gasteiger partial charge in [0, 0.05) is 49.2 Å². The summed E-state index contributed by atoms with van der Waals surface area (Å²) in [5.74, 6) is 5.87. The number of carbonyl (C=O) groups excluding carboxylic acids is 2. The van der Waals surface area contributed by atoms with Crippen LogP contribution < -0.4 is 4.74 Å². The Hall–Kier alpha value is -3.48. The van der Waals surface area contributed by atoms with E-state index < -0.39 is 12.1 Å². The Balaban J connectivity index is 1.95. The largest absolute Gasteiger partial charge is 0.472 e. The van der Waals surface area contributed by atoms with Crippen molar-refractivity contribution in [3.8, 4) is 17.7 Å². The van der Waals surface area contributed by atoms with E-state index in [-0.39, 0.29) is 42.3 Å². The van der Waals surface area contributed by atoms with Crippen LogP contribution in [-0.4, -0.2) is 101 Å². The van der Waals surface area contributed by atoms with Crippen molar-refractivity contribution in [2.24, 2.45) is 5.92 Å². The van der Waals surface area contributed by atoms with Crippen molar-refractivity contribution in [1.29, 1.82) is 0 Å². The average molecular weight is 480 g/mol. The molecule has 3 atom stereocenters. The summed E-state index contributed by atoms with van der Waals surface area (Å²) in [4.78, 5) is 39.5. The van der Waals surface area contributed by atoms with E-state index in [2.05, 4.69) is 21.8 Å². The van der Waals surface area contributed by atoms with Gasteiger partial charge in [0.1, 0.15) is 11.7 Å². The number of nitrogens with zero attached hydrogens (tertiary/aromatic N) is 5. The highest BCUT2D eigenvalue weighted by atomic mass is 16.5. The van der Waals surface area contributed by atoms with Crippen molar-refractivity contribution in [3.05, 3.63) is 53.5 Å². The van der Waals surface area contributed by atoms with Gasteiger partial charge in [0.25, 0.3) is 5.91 Å². The standard InChI is InChI=1S/C26H33N5O4/c1-18-14-31(19(2)17-32)26(34)22-12-21(7-6-20-8-10-27-11-9-20)13-28-25(22)35-23(18)15-30(5)24(33)16-29(3)4/h8-13,18-19,23,32H,14-17H2,1-5H3/t18-,19-,23+/m1/s1. The molecule has 2 amide bonds. The van der Waals surface area contributed by atoms with Crippen molar-refractivity contribution < 1.29 is 19.4 Å². The first kappa shape index (κ1) is 26.1. The molecule has 35 heavy (non-hydrogen) atoms. The number of hydrogen-bond acceptors (Lipinski definition) is 7. The van der Waals surface area contributed by atoms with Gasteiger partial charge in [-0.1, -0.05) is 18.8 Å². The molecule has 0 radical (unpaired) electrons. The number of rotatable bonds is 6. The molecule has 0 aromatic carbocycles. The van der Waals surface area contributed by atoms with Gasteiger partial charge in [0.2, 0.25) is 11.8 Å². The van der Waals surface area contributed by atoms with Gasteiger partial charge < -0.3 is 24.5 Å². The number of aliphatic hydroxyl groups is 1. The van der Waals surface area contributed by atoms with Crippen LogP contribution in [0.5, 0.6) is 5.88 Å². The molecule has 0 fully saturated rings. The van der Waals surface area contributed by atoms with E-state index in [9.17, 15) is 14.7 Å². The van der Waals surface area contributed by atoms with Crippen LogP contribution >= 0.6 is 0 Å². The predicted molar refractivity (Wildman–Crippen MR) is 132 cm³/mol. The van der Waals surface area contributed by atoms with E-state index in [0.29, 0.717) is 18.7 Å². The number of amides is 2. The van der Waals surface area contributed by atoms with Crippen molar-refractivity contribution in [3.63, 3.8) is 0 Å². The van der Waals surface area contributed by atoms with Crippen LogP contribution in [0.1, 0.15) is 35.3 Å². The van der Waals surface area contributed by atoms with Gasteiger partial charge in [-0.15, -0.1) is 0 Å². The zero-order valence-corrected chi connectivity index (χ0v) is 20.9. The Kier molecular flexibility index (Phi) is 8.79. The number of aliphatic hydroxyl groups excluding tert-OH is 1. The lowest BCUT2D eigenvalue weighted by molar-refractivity contribution is -0.132. The van der Waals surface area contributed by atoms with Gasteiger partial charge in [-0.2, -0.15) is 0 Å². The second-order valence-electron chi connectivity index (χ2n) is 9.20. The maximum atomic E-state index is 13.5. The molecule has 2 aromatic heterocycles. The highest BCUT2D eigenvalue weighted by molar-refractivity contribution is 5.97. The summed E-state index contributed by atoms with van der Waals surface area (Å²) in [6.07, 6.45) is 4.50. The molecule has 3 rings (SSSR count). The third-order valence-corrected chi connectivity index (χ3v) is 5.88. The number of ether oxygens (including phenoxy) is 1. The fourth-order valence-electron chi connectivity index (χ4n) is 3.73. The SMILES string of the molecule is C[C@@H]1CN([C@H](C)CO)C(=O)c2cc(C#Cc3ccncc3)cnc2O[C@H]1CN(C)C(=O)CN(C)C. The highest BCUT2D eigenvalue weighted by Crippen LogP contribution is 2.27. The van der Waals surface area contributed by atoms with Gasteiger partial charge >= 0.3 is 0 Å². The molecular formula is C26H33N5O4. The molecule has 0 unspecified atom stereocenters. The Morgan fingerprint density at radius 1 is 1.26 bits per heavy atom. The third kappa shape index (κ3) is 6.78. The maximum Gasteiger partial charge on any atom is 0.259 e. The number of fused-ring (bicyclic) bond motifs is 1. The topological polar surface area (TPSA) is 99.1 Å². The molecule has 0 saturated heterocycles. The first-order valence-corrected chi connectivity index (χ1v) is 11.6. The number of likely N-dealkylation sites (N-methyl/N-ethyl adjacent to an activating group) is 2. The lowest BCUT2D eigenvalue weighted by Gasteiger charge is -2.37. The average Bonchev–Trinajstić information content (AvgIpc) is 2.84. The van der Waals surface area contributed by atoms with Crippen LogP contribution in [0.3, 0.4) is 0 Å². The summed E-state index contributed by atoms with van der Waals surface area (Å²) < 4.78 is 6.24. The Labute approximate surface area is 206 Å². The molecule has 3 heterocycles. The van der Waals surface area contributed by atoms with Crippen LogP contribution in [0, 0.1) is 17.8 Å². The van der Waals surface area contributed by atoms with Gasteiger partial charge in [0.15, 0.2) is 0 Å². The number of carbonyl (C=O) groups is 2. The molecule has 9 nitrogen and oxygen atoms in total. The van der Waals surface area contributed by atoms with E-state index in [0.717, 1.165) is 5.56 Å². The fraction of sp³-hybridized carbons (Fsp3) is 0.462. The molecule has 0 saturated carbocycles. The minimum atomic E-state index is -0.396. The van der Waals surface area contributed by atoms with Gasteiger partial charge in [-0.3, -0.25) is 14.6 Å². The van der Waals surface area contributed by atoms with Crippen molar-refractivity contribution >= 4 is 11.8 Å². The van der Waals surface area contributed by atoms with Crippen molar-refractivity contribution in [2.75, 3.05) is 47.4 Å². The summed E-state index contributed by atoms with van der Waals surface area (Å²) in [7, 11) is 5.43. The summed E-state index contributed by atoms with van der Waals surface area (Å²) in [5.41, 5.74) is 1.65. The lowest BCUT2D eigenvalue weighted by Crippen LogP contribution is -2.51. The molecule has 1 aliphatic heterocycles. The summed E-state index contributed by atoms with van der Waals surface area (Å²) in [5, 5.41) is 9.81. The van der Waals surface area contributed by atoms with Crippen LogP contribution in [0.25, 0.3) is 0 Å². The van der Waals surface area contributed by atoms with Crippen molar-refractivity contribution in [1.82, 2.24) is 24.7 Å². The first-order valence-electron chi connectivity index (χ1n) is 11.6. The van der Waals surface area contributed by atoms with E-state index >= 15 is 0 Å². The third-order valence-electron chi connectivity index (χ3n) is 5.88. The van der Waals surface area contributed by atoms with E-state index in [1.54, 1.807) is 60.6 Å². The molecule has 186 valence electrons. The predicted octanol–water partition coefficient (Wildman–Crippen LogP) is 1.12. The van der Waals surface area contributed by atoms with E-state index in [4.69, 9.17) is 4.74 Å². The van der Waals surface area contributed by atoms with E-state index in [1.165, 1.54) is 0 Å². The maximum absolute atomic E-state index is 13.5. The highest BCUT2D eigenvalue weighted by Gasteiger charge is 2.34. The van der Waals surface area contributed by atoms with Gasteiger partial charge in [-0.25, -0.2) is 4.98 Å². The summed E-state index contributed by atoms with van der Waals surface area (Å²) >= 11 is 0. The molecule has 9 heteroatoms. The van der Waals surface area contributed by atoms with Gasteiger partial charge in [-0.05, 0) is 39.2 Å². The normalized spacial score (nSPS) is 18.5. The van der Waals surface area contributed by atoms with Crippen molar-refractivity contribution in [2.45, 2.75) is 26.0 Å². The van der Waals surface area contributed by atoms with Crippen LogP contribution in [-0.2, 0) is 4.79 Å². The zero-order valence-electron chi connectivity index (χ0n) is 20.9. The van der Waals surface area contributed by atoms with Crippen LogP contribution in [0.2, 0.25) is 0 Å². The molecule has 2 aromatic rings. The van der Waals surface area contributed by atoms with Gasteiger partial charge in [0.05, 0.1) is 25.7 Å². The quantitative estimate of drug-likeness (QED) is 0.620.